The summed E-state index contributed by atoms with van der Waals surface area (Å²) < 4.78 is 6.50. The number of nitro groups is 1. The average molecular weight is 348 g/mol. The number of ether oxygens (including phenoxy) is 1. The van der Waals surface area contributed by atoms with Crippen molar-refractivity contribution in [3.8, 4) is 5.75 Å². The molecule has 0 radical (unpaired) electrons. The number of non-ortho nitro benzene ring substituents is 1. The molecule has 1 unspecified atom stereocenters. The first-order valence-corrected chi connectivity index (χ1v) is 7.07. The molecule has 0 fully saturated rings. The Morgan fingerprint density at radius 3 is 2.62 bits per heavy atom. The van der Waals surface area contributed by atoms with Gasteiger partial charge in [0.25, 0.3) is 5.69 Å². The highest BCUT2D eigenvalue weighted by atomic mass is 79.9. The normalized spacial score (nSPS) is 16.1. The van der Waals surface area contributed by atoms with Crippen LogP contribution < -0.4 is 4.74 Å². The van der Waals surface area contributed by atoms with Gasteiger partial charge < -0.3 is 4.74 Å². The summed E-state index contributed by atoms with van der Waals surface area (Å²) in [6.45, 7) is 0. The minimum absolute atomic E-state index is 0.00842. The van der Waals surface area contributed by atoms with Crippen LogP contribution in [0.15, 0.2) is 46.9 Å². The van der Waals surface area contributed by atoms with Crippen LogP contribution in [-0.2, 0) is 6.42 Å². The number of ketones is 1. The first-order valence-electron chi connectivity index (χ1n) is 6.28. The van der Waals surface area contributed by atoms with Crippen molar-refractivity contribution in [3.05, 3.63) is 68.2 Å². The van der Waals surface area contributed by atoms with Gasteiger partial charge in [-0.3, -0.25) is 14.9 Å². The van der Waals surface area contributed by atoms with Crippen molar-refractivity contribution >= 4 is 27.4 Å². The topological polar surface area (TPSA) is 69.4 Å². The molecule has 106 valence electrons. The monoisotopic (exact) mass is 347 g/mol. The van der Waals surface area contributed by atoms with Crippen molar-refractivity contribution in [2.45, 2.75) is 12.5 Å². The first kappa shape index (κ1) is 13.8. The van der Waals surface area contributed by atoms with Gasteiger partial charge >= 0.3 is 0 Å². The molecule has 0 aromatic heterocycles. The number of halogens is 1. The van der Waals surface area contributed by atoms with Gasteiger partial charge in [-0.2, -0.15) is 0 Å². The van der Waals surface area contributed by atoms with Crippen LogP contribution in [0, 0.1) is 10.1 Å². The van der Waals surface area contributed by atoms with E-state index < -0.39 is 11.0 Å². The van der Waals surface area contributed by atoms with Gasteiger partial charge in [0, 0.05) is 34.2 Å². The van der Waals surface area contributed by atoms with E-state index in [-0.39, 0.29) is 11.5 Å². The van der Waals surface area contributed by atoms with Crippen LogP contribution in [0.3, 0.4) is 0 Å². The highest BCUT2D eigenvalue weighted by molar-refractivity contribution is 9.10. The van der Waals surface area contributed by atoms with E-state index in [9.17, 15) is 14.9 Å². The van der Waals surface area contributed by atoms with E-state index in [0.717, 1.165) is 4.47 Å². The van der Waals surface area contributed by atoms with E-state index in [4.69, 9.17) is 4.74 Å². The molecule has 1 aliphatic heterocycles. The van der Waals surface area contributed by atoms with Gasteiger partial charge in [-0.25, -0.2) is 0 Å². The fraction of sp³-hybridized carbons (Fsp3) is 0.133. The average Bonchev–Trinajstić information content (AvgIpc) is 2.90. The van der Waals surface area contributed by atoms with E-state index in [1.165, 1.54) is 12.1 Å². The quantitative estimate of drug-likeness (QED) is 0.483. The Bertz CT molecular complexity index is 727. The number of nitro benzene ring substituents is 1. The smallest absolute Gasteiger partial charge is 0.269 e. The van der Waals surface area contributed by atoms with E-state index in [0.29, 0.717) is 23.3 Å². The minimum Gasteiger partial charge on any atom is -0.482 e. The molecule has 2 aromatic rings. The molecule has 0 bridgehead atoms. The van der Waals surface area contributed by atoms with E-state index in [1.807, 2.05) is 0 Å². The molecule has 0 aliphatic carbocycles. The predicted octanol–water partition coefficient (Wildman–Crippen LogP) is 3.54. The number of hydrogen-bond donors (Lipinski definition) is 0. The summed E-state index contributed by atoms with van der Waals surface area (Å²) >= 11 is 3.32. The summed E-state index contributed by atoms with van der Waals surface area (Å²) in [6, 6.07) is 11.4. The molecule has 0 amide bonds. The predicted molar refractivity (Wildman–Crippen MR) is 79.7 cm³/mol. The third kappa shape index (κ3) is 2.67. The van der Waals surface area contributed by atoms with Crippen molar-refractivity contribution in [1.29, 1.82) is 0 Å². The number of hydrogen-bond acceptors (Lipinski definition) is 4. The van der Waals surface area contributed by atoms with Crippen LogP contribution in [0.1, 0.15) is 15.9 Å². The lowest BCUT2D eigenvalue weighted by Gasteiger charge is -2.09. The number of Topliss-reactive ketones (excluding diaryl/α,β-unsaturated/α-hetero) is 1. The van der Waals surface area contributed by atoms with Gasteiger partial charge in [-0.1, -0.05) is 28.1 Å². The number of nitrogens with zero attached hydrogens (tertiary/aromatic N) is 1. The summed E-state index contributed by atoms with van der Waals surface area (Å²) in [4.78, 5) is 22.7. The second-order valence-corrected chi connectivity index (χ2v) is 5.65. The fourth-order valence-corrected chi connectivity index (χ4v) is 2.56. The van der Waals surface area contributed by atoms with Gasteiger partial charge in [0.2, 0.25) is 5.78 Å². The number of carbonyl (C=O) groups excluding carboxylic acids is 1. The molecule has 6 heteroatoms. The summed E-state index contributed by atoms with van der Waals surface area (Å²) in [5.41, 5.74) is 1.26. The lowest BCUT2D eigenvalue weighted by atomic mass is 10.0. The van der Waals surface area contributed by atoms with Crippen LogP contribution in [0.2, 0.25) is 0 Å². The molecule has 21 heavy (non-hydrogen) atoms. The molecule has 0 saturated carbocycles. The molecule has 3 rings (SSSR count). The lowest BCUT2D eigenvalue weighted by Crippen LogP contribution is -2.25. The zero-order valence-electron chi connectivity index (χ0n) is 10.8. The molecule has 5 nitrogen and oxygen atoms in total. The van der Waals surface area contributed by atoms with Gasteiger partial charge in [-0.05, 0) is 18.2 Å². The van der Waals surface area contributed by atoms with Crippen LogP contribution >= 0.6 is 15.9 Å². The number of benzene rings is 2. The van der Waals surface area contributed by atoms with E-state index in [1.54, 1.807) is 30.3 Å². The van der Waals surface area contributed by atoms with Crippen molar-refractivity contribution in [1.82, 2.24) is 0 Å². The van der Waals surface area contributed by atoms with Crippen LogP contribution in [0.4, 0.5) is 5.69 Å². The maximum atomic E-state index is 12.4. The maximum absolute atomic E-state index is 12.4. The maximum Gasteiger partial charge on any atom is 0.269 e. The Hall–Kier alpha value is -2.21. The first-order chi connectivity index (χ1) is 10.0. The number of fused-ring (bicyclic) bond motifs is 1. The zero-order valence-corrected chi connectivity index (χ0v) is 12.4. The highest BCUT2D eigenvalue weighted by Crippen LogP contribution is 2.33. The van der Waals surface area contributed by atoms with Gasteiger partial charge in [0.1, 0.15) is 5.75 Å². The zero-order chi connectivity index (χ0) is 15.0. The Kier molecular flexibility index (Phi) is 3.47. The Morgan fingerprint density at radius 2 is 1.95 bits per heavy atom. The van der Waals surface area contributed by atoms with Crippen molar-refractivity contribution in [3.63, 3.8) is 0 Å². The standard InChI is InChI=1S/C15H10BrNO4/c16-11-3-1-9(2-4-11)15(18)14-8-10-7-12(17(19)20)5-6-13(10)21-14/h1-7,14H,8H2. The van der Waals surface area contributed by atoms with Crippen molar-refractivity contribution in [2.24, 2.45) is 0 Å². The molecule has 2 aromatic carbocycles. The Labute approximate surface area is 128 Å². The van der Waals surface area contributed by atoms with Crippen LogP contribution in [0.5, 0.6) is 5.75 Å². The third-order valence-electron chi connectivity index (χ3n) is 3.35. The third-order valence-corrected chi connectivity index (χ3v) is 3.88. The van der Waals surface area contributed by atoms with Crippen molar-refractivity contribution < 1.29 is 14.5 Å². The van der Waals surface area contributed by atoms with Gasteiger partial charge in [0.15, 0.2) is 6.10 Å². The highest BCUT2D eigenvalue weighted by Gasteiger charge is 2.30. The summed E-state index contributed by atoms with van der Waals surface area (Å²) in [6.07, 6.45) is -0.269. The molecule has 1 atom stereocenters. The SMILES string of the molecule is O=C(c1ccc(Br)cc1)C1Cc2cc([N+](=O)[O-])ccc2O1. The molecule has 1 aliphatic rings. The number of carbonyl (C=O) groups is 1. The molecule has 1 heterocycles. The summed E-state index contributed by atoms with van der Waals surface area (Å²) in [7, 11) is 0. The van der Waals surface area contributed by atoms with Gasteiger partial charge in [0.05, 0.1) is 4.92 Å². The molecule has 0 N–H and O–H groups in total. The van der Waals surface area contributed by atoms with Crippen LogP contribution in [0.25, 0.3) is 0 Å². The van der Waals surface area contributed by atoms with Crippen molar-refractivity contribution in [2.75, 3.05) is 0 Å². The second-order valence-electron chi connectivity index (χ2n) is 4.73. The van der Waals surface area contributed by atoms with Gasteiger partial charge in [-0.15, -0.1) is 0 Å². The molecule has 0 spiro atoms. The largest absolute Gasteiger partial charge is 0.482 e. The molecular weight excluding hydrogens is 338 g/mol. The molecule has 0 saturated heterocycles. The Morgan fingerprint density at radius 1 is 1.24 bits per heavy atom. The van der Waals surface area contributed by atoms with E-state index >= 15 is 0 Å². The van der Waals surface area contributed by atoms with E-state index in [2.05, 4.69) is 15.9 Å². The lowest BCUT2D eigenvalue weighted by molar-refractivity contribution is -0.384. The minimum atomic E-state index is -0.622. The summed E-state index contributed by atoms with van der Waals surface area (Å²) in [5, 5.41) is 10.8. The fourth-order valence-electron chi connectivity index (χ4n) is 2.29. The number of rotatable bonds is 3. The second kappa shape index (κ2) is 5.29. The Balaban J connectivity index is 1.82. The molecular formula is C15H10BrNO4. The van der Waals surface area contributed by atoms with Crippen LogP contribution in [-0.4, -0.2) is 16.8 Å². The summed E-state index contributed by atoms with van der Waals surface area (Å²) in [5.74, 6) is 0.414.